The molecule has 2 saturated carbocycles. The van der Waals surface area contributed by atoms with E-state index in [0.717, 1.165) is 44.8 Å². The largest absolute Gasteiger partial charge is 0.381 e. The summed E-state index contributed by atoms with van der Waals surface area (Å²) in [5.74, 6) is 0.942. The van der Waals surface area contributed by atoms with Crippen LogP contribution in [-0.4, -0.2) is 31.7 Å². The molecule has 0 saturated heterocycles. The van der Waals surface area contributed by atoms with E-state index in [1.54, 1.807) is 0 Å². The zero-order valence-electron chi connectivity index (χ0n) is 10.7. The third-order valence-corrected chi connectivity index (χ3v) is 4.37. The summed E-state index contributed by atoms with van der Waals surface area (Å²) in [7, 11) is 1.84. The van der Waals surface area contributed by atoms with Crippen molar-refractivity contribution >= 4 is 5.91 Å². The zero-order valence-corrected chi connectivity index (χ0v) is 10.7. The molecule has 1 amide bonds. The summed E-state index contributed by atoms with van der Waals surface area (Å²) < 4.78 is 5.66. The molecule has 0 radical (unpaired) electrons. The van der Waals surface area contributed by atoms with E-state index in [0.29, 0.717) is 5.92 Å². The molecule has 17 heavy (non-hydrogen) atoms. The van der Waals surface area contributed by atoms with Gasteiger partial charge in [0.05, 0.1) is 0 Å². The van der Waals surface area contributed by atoms with Gasteiger partial charge in [-0.1, -0.05) is 6.42 Å². The Morgan fingerprint density at radius 1 is 1.47 bits per heavy atom. The number of nitrogens with two attached hydrogens (primary N) is 1. The Morgan fingerprint density at radius 2 is 2.24 bits per heavy atom. The normalized spacial score (nSPS) is 32.9. The van der Waals surface area contributed by atoms with Crippen LogP contribution in [0.5, 0.6) is 0 Å². The molecule has 0 aromatic carbocycles. The average Bonchev–Trinajstić information content (AvgIpc) is 3.03. The van der Waals surface area contributed by atoms with E-state index in [2.05, 4.69) is 5.32 Å². The summed E-state index contributed by atoms with van der Waals surface area (Å²) in [6.07, 6.45) is 6.62. The maximum atomic E-state index is 11.6. The smallest absolute Gasteiger partial charge is 0.238 e. The van der Waals surface area contributed by atoms with Crippen LogP contribution < -0.4 is 11.1 Å². The van der Waals surface area contributed by atoms with Gasteiger partial charge in [-0.15, -0.1) is 0 Å². The second kappa shape index (κ2) is 5.36. The van der Waals surface area contributed by atoms with Crippen molar-refractivity contribution in [3.63, 3.8) is 0 Å². The SMILES string of the molecule is CNC1(C(N)=O)CCCC1CCOCC1CC1. The Bertz CT molecular complexity index is 279. The number of amides is 1. The third-order valence-electron chi connectivity index (χ3n) is 4.37. The Labute approximate surface area is 103 Å². The van der Waals surface area contributed by atoms with Crippen molar-refractivity contribution in [1.82, 2.24) is 5.32 Å². The van der Waals surface area contributed by atoms with Gasteiger partial charge in [0.15, 0.2) is 0 Å². The van der Waals surface area contributed by atoms with Gasteiger partial charge in [0.2, 0.25) is 5.91 Å². The first-order valence-corrected chi connectivity index (χ1v) is 6.75. The molecule has 2 aliphatic carbocycles. The number of primary amides is 1. The molecule has 4 heteroatoms. The molecule has 2 fully saturated rings. The van der Waals surface area contributed by atoms with Crippen molar-refractivity contribution in [3.05, 3.63) is 0 Å². The minimum Gasteiger partial charge on any atom is -0.381 e. The first kappa shape index (κ1) is 12.8. The molecule has 2 atom stereocenters. The molecule has 4 nitrogen and oxygen atoms in total. The second-order valence-electron chi connectivity index (χ2n) is 5.48. The Balaban J connectivity index is 1.78. The van der Waals surface area contributed by atoms with Crippen LogP contribution >= 0.6 is 0 Å². The first-order valence-electron chi connectivity index (χ1n) is 6.75. The quantitative estimate of drug-likeness (QED) is 0.654. The standard InChI is InChI=1S/C13H24N2O2/c1-15-13(12(14)16)7-2-3-11(13)6-8-17-9-10-4-5-10/h10-11,15H,2-9H2,1H3,(H2,14,16). The van der Waals surface area contributed by atoms with Gasteiger partial charge in [0.25, 0.3) is 0 Å². The van der Waals surface area contributed by atoms with Gasteiger partial charge in [-0.25, -0.2) is 0 Å². The van der Waals surface area contributed by atoms with E-state index < -0.39 is 5.54 Å². The van der Waals surface area contributed by atoms with Crippen LogP contribution in [0.4, 0.5) is 0 Å². The number of nitrogens with one attached hydrogen (secondary N) is 1. The monoisotopic (exact) mass is 240 g/mol. The van der Waals surface area contributed by atoms with Crippen LogP contribution in [-0.2, 0) is 9.53 Å². The number of likely N-dealkylation sites (N-methyl/N-ethyl adjacent to an activating group) is 1. The average molecular weight is 240 g/mol. The lowest BCUT2D eigenvalue weighted by molar-refractivity contribution is -0.125. The van der Waals surface area contributed by atoms with Gasteiger partial charge in [0.1, 0.15) is 5.54 Å². The van der Waals surface area contributed by atoms with E-state index in [1.807, 2.05) is 7.05 Å². The molecule has 0 heterocycles. The fourth-order valence-electron chi connectivity index (χ4n) is 3.01. The van der Waals surface area contributed by atoms with E-state index in [-0.39, 0.29) is 5.91 Å². The summed E-state index contributed by atoms with van der Waals surface area (Å²) in [4.78, 5) is 11.6. The van der Waals surface area contributed by atoms with Crippen LogP contribution in [0.3, 0.4) is 0 Å². The highest BCUT2D eigenvalue weighted by Crippen LogP contribution is 2.37. The van der Waals surface area contributed by atoms with Crippen LogP contribution in [0.1, 0.15) is 38.5 Å². The lowest BCUT2D eigenvalue weighted by Gasteiger charge is -2.32. The van der Waals surface area contributed by atoms with Crippen LogP contribution in [0.25, 0.3) is 0 Å². The van der Waals surface area contributed by atoms with Gasteiger partial charge in [-0.2, -0.15) is 0 Å². The maximum Gasteiger partial charge on any atom is 0.238 e. The van der Waals surface area contributed by atoms with Gasteiger partial charge < -0.3 is 15.8 Å². The summed E-state index contributed by atoms with van der Waals surface area (Å²) >= 11 is 0. The summed E-state index contributed by atoms with van der Waals surface area (Å²) in [5.41, 5.74) is 5.07. The first-order chi connectivity index (χ1) is 8.19. The van der Waals surface area contributed by atoms with E-state index >= 15 is 0 Å². The predicted molar refractivity (Wildman–Crippen MR) is 66.5 cm³/mol. The number of ether oxygens (including phenoxy) is 1. The van der Waals surface area contributed by atoms with Gasteiger partial charge in [-0.3, -0.25) is 4.79 Å². The van der Waals surface area contributed by atoms with Crippen molar-refractivity contribution in [2.24, 2.45) is 17.6 Å². The van der Waals surface area contributed by atoms with E-state index in [1.165, 1.54) is 12.8 Å². The minimum absolute atomic E-state index is 0.204. The van der Waals surface area contributed by atoms with Crippen molar-refractivity contribution in [1.29, 1.82) is 0 Å². The number of hydrogen-bond donors (Lipinski definition) is 2. The van der Waals surface area contributed by atoms with Crippen LogP contribution in [0.2, 0.25) is 0 Å². The molecule has 0 aromatic rings. The predicted octanol–water partition coefficient (Wildman–Crippen LogP) is 1.05. The third kappa shape index (κ3) is 2.80. The van der Waals surface area contributed by atoms with Crippen molar-refractivity contribution < 1.29 is 9.53 Å². The van der Waals surface area contributed by atoms with Crippen molar-refractivity contribution in [2.75, 3.05) is 20.3 Å². The number of carbonyl (C=O) groups is 1. The Hall–Kier alpha value is -0.610. The zero-order chi connectivity index (χ0) is 12.3. The van der Waals surface area contributed by atoms with E-state index in [9.17, 15) is 4.79 Å². The molecular formula is C13H24N2O2. The topological polar surface area (TPSA) is 64.3 Å². The molecule has 2 rings (SSSR count). The fraction of sp³-hybridized carbons (Fsp3) is 0.923. The van der Waals surface area contributed by atoms with Crippen LogP contribution in [0.15, 0.2) is 0 Å². The van der Waals surface area contributed by atoms with Gasteiger partial charge >= 0.3 is 0 Å². The fourth-order valence-corrected chi connectivity index (χ4v) is 3.01. The maximum absolute atomic E-state index is 11.6. The van der Waals surface area contributed by atoms with Crippen LogP contribution in [0, 0.1) is 11.8 Å². The van der Waals surface area contributed by atoms with Gasteiger partial charge in [0, 0.05) is 13.2 Å². The molecule has 0 aliphatic heterocycles. The molecule has 0 spiro atoms. The molecule has 3 N–H and O–H groups in total. The highest BCUT2D eigenvalue weighted by atomic mass is 16.5. The second-order valence-corrected chi connectivity index (χ2v) is 5.48. The number of carbonyl (C=O) groups excluding carboxylic acids is 1. The van der Waals surface area contributed by atoms with Crippen molar-refractivity contribution in [2.45, 2.75) is 44.1 Å². The lowest BCUT2D eigenvalue weighted by atomic mass is 9.84. The molecule has 0 bridgehead atoms. The summed E-state index contributed by atoms with van der Waals surface area (Å²) in [6, 6.07) is 0. The Kier molecular flexibility index (Phi) is 4.05. The molecular weight excluding hydrogens is 216 g/mol. The highest BCUT2D eigenvalue weighted by Gasteiger charge is 2.46. The summed E-state index contributed by atoms with van der Waals surface area (Å²) in [5, 5.41) is 3.16. The molecule has 2 unspecified atom stereocenters. The van der Waals surface area contributed by atoms with Gasteiger partial charge in [-0.05, 0) is 51.0 Å². The van der Waals surface area contributed by atoms with Crippen molar-refractivity contribution in [3.8, 4) is 0 Å². The molecule has 98 valence electrons. The molecule has 0 aromatic heterocycles. The number of rotatable bonds is 7. The summed E-state index contributed by atoms with van der Waals surface area (Å²) in [6.45, 7) is 1.66. The molecule has 2 aliphatic rings. The lowest BCUT2D eigenvalue weighted by Crippen LogP contribution is -2.56. The Morgan fingerprint density at radius 3 is 2.82 bits per heavy atom. The number of hydrogen-bond acceptors (Lipinski definition) is 3. The highest BCUT2D eigenvalue weighted by molar-refractivity contribution is 5.85. The van der Waals surface area contributed by atoms with E-state index in [4.69, 9.17) is 10.5 Å². The minimum atomic E-state index is -0.483.